The van der Waals surface area contributed by atoms with Crippen molar-refractivity contribution < 1.29 is 8.78 Å². The number of aromatic nitrogens is 4. The highest BCUT2D eigenvalue weighted by molar-refractivity contribution is 7.98. The summed E-state index contributed by atoms with van der Waals surface area (Å²) in [5, 5.41) is 11.4. The average molecular weight is 370 g/mol. The fraction of sp³-hybridized carbons (Fsp3) is 0.0556. The second-order valence-corrected chi connectivity index (χ2v) is 6.53. The normalized spacial score (nSPS) is 11.2. The van der Waals surface area contributed by atoms with E-state index in [9.17, 15) is 13.6 Å². The monoisotopic (exact) mass is 370 g/mol. The standard InChI is InChI=1S/C18H12F2N4OS/c19-13-6-4-12(5-7-13)15-9-16-17(25)21-22-18(24(16)23-15)26-10-11-2-1-3-14(20)8-11/h1-9H,10H2,(H,21,25). The summed E-state index contributed by atoms with van der Waals surface area (Å²) < 4.78 is 27.9. The smallest absolute Gasteiger partial charge is 0.266 e. The number of nitrogens with one attached hydrogen (secondary N) is 1. The zero-order valence-electron chi connectivity index (χ0n) is 13.3. The number of aromatic amines is 1. The van der Waals surface area contributed by atoms with Crippen LogP contribution in [0.4, 0.5) is 8.78 Å². The molecule has 0 aliphatic rings. The number of hydrogen-bond donors (Lipinski definition) is 1. The molecule has 0 aliphatic carbocycles. The summed E-state index contributed by atoms with van der Waals surface area (Å²) in [5.74, 6) is -0.179. The van der Waals surface area contributed by atoms with Gasteiger partial charge in [-0.3, -0.25) is 4.79 Å². The summed E-state index contributed by atoms with van der Waals surface area (Å²) in [7, 11) is 0. The molecule has 5 nitrogen and oxygen atoms in total. The predicted molar refractivity (Wildman–Crippen MR) is 95.0 cm³/mol. The molecule has 4 aromatic rings. The molecule has 0 atom stereocenters. The number of benzene rings is 2. The maximum atomic E-state index is 13.3. The summed E-state index contributed by atoms with van der Waals surface area (Å²) >= 11 is 1.32. The highest BCUT2D eigenvalue weighted by atomic mass is 32.2. The molecule has 26 heavy (non-hydrogen) atoms. The Morgan fingerprint density at radius 3 is 2.62 bits per heavy atom. The Morgan fingerprint density at radius 1 is 1.04 bits per heavy atom. The van der Waals surface area contributed by atoms with E-state index in [0.29, 0.717) is 27.7 Å². The summed E-state index contributed by atoms with van der Waals surface area (Å²) in [5.41, 5.74) is 1.98. The van der Waals surface area contributed by atoms with Crippen LogP contribution in [0.3, 0.4) is 0 Å². The van der Waals surface area contributed by atoms with E-state index in [1.165, 1.54) is 40.5 Å². The number of fused-ring (bicyclic) bond motifs is 1. The lowest BCUT2D eigenvalue weighted by Crippen LogP contribution is -2.13. The van der Waals surface area contributed by atoms with Gasteiger partial charge in [0.05, 0.1) is 5.69 Å². The van der Waals surface area contributed by atoms with Gasteiger partial charge in [0.15, 0.2) is 0 Å². The van der Waals surface area contributed by atoms with Crippen LogP contribution >= 0.6 is 11.8 Å². The van der Waals surface area contributed by atoms with Gasteiger partial charge in [-0.1, -0.05) is 23.9 Å². The van der Waals surface area contributed by atoms with E-state index in [0.717, 1.165) is 5.56 Å². The first kappa shape index (κ1) is 16.5. The summed E-state index contributed by atoms with van der Waals surface area (Å²) in [6.07, 6.45) is 0. The molecule has 0 saturated carbocycles. The Bertz CT molecular complexity index is 1140. The molecular weight excluding hydrogens is 358 g/mol. The molecule has 1 N–H and O–H groups in total. The Labute approximate surface area is 150 Å². The van der Waals surface area contributed by atoms with E-state index < -0.39 is 0 Å². The van der Waals surface area contributed by atoms with Gasteiger partial charge in [0, 0.05) is 11.3 Å². The average Bonchev–Trinajstić information content (AvgIpc) is 3.08. The number of H-pyrrole nitrogens is 1. The van der Waals surface area contributed by atoms with Crippen LogP contribution in [-0.4, -0.2) is 19.8 Å². The van der Waals surface area contributed by atoms with E-state index in [1.807, 2.05) is 6.07 Å². The largest absolute Gasteiger partial charge is 0.290 e. The summed E-state index contributed by atoms with van der Waals surface area (Å²) in [6, 6.07) is 13.8. The van der Waals surface area contributed by atoms with Crippen LogP contribution in [0.2, 0.25) is 0 Å². The van der Waals surface area contributed by atoms with Crippen LogP contribution in [0, 0.1) is 11.6 Å². The fourth-order valence-electron chi connectivity index (χ4n) is 2.52. The maximum absolute atomic E-state index is 13.3. The van der Waals surface area contributed by atoms with Gasteiger partial charge in [-0.05, 0) is 48.0 Å². The molecule has 0 saturated heterocycles. The summed E-state index contributed by atoms with van der Waals surface area (Å²) in [4.78, 5) is 12.1. The number of hydrogen-bond acceptors (Lipinski definition) is 4. The lowest BCUT2D eigenvalue weighted by molar-refractivity contribution is 0.626. The van der Waals surface area contributed by atoms with E-state index in [1.54, 1.807) is 24.3 Å². The quantitative estimate of drug-likeness (QED) is 0.557. The first-order chi connectivity index (χ1) is 12.6. The molecule has 8 heteroatoms. The highest BCUT2D eigenvalue weighted by Crippen LogP contribution is 2.24. The summed E-state index contributed by atoms with van der Waals surface area (Å²) in [6.45, 7) is 0. The highest BCUT2D eigenvalue weighted by Gasteiger charge is 2.12. The van der Waals surface area contributed by atoms with E-state index in [2.05, 4.69) is 15.3 Å². The molecule has 0 unspecified atom stereocenters. The van der Waals surface area contributed by atoms with Crippen molar-refractivity contribution in [1.82, 2.24) is 19.8 Å². The molecule has 2 aromatic heterocycles. The van der Waals surface area contributed by atoms with Crippen LogP contribution in [0.1, 0.15) is 5.56 Å². The third-order valence-electron chi connectivity index (χ3n) is 3.77. The molecule has 4 rings (SSSR count). The Morgan fingerprint density at radius 2 is 1.85 bits per heavy atom. The first-order valence-corrected chi connectivity index (χ1v) is 8.70. The van der Waals surface area contributed by atoms with Crippen molar-refractivity contribution in [3.8, 4) is 11.3 Å². The molecule has 0 radical (unpaired) electrons. The van der Waals surface area contributed by atoms with Crippen molar-refractivity contribution in [1.29, 1.82) is 0 Å². The zero-order chi connectivity index (χ0) is 18.1. The lowest BCUT2D eigenvalue weighted by Gasteiger charge is -2.03. The molecule has 0 fully saturated rings. The van der Waals surface area contributed by atoms with Crippen LogP contribution in [-0.2, 0) is 5.75 Å². The third-order valence-corrected chi connectivity index (χ3v) is 4.77. The lowest BCUT2D eigenvalue weighted by atomic mass is 10.1. The second kappa shape index (κ2) is 6.72. The van der Waals surface area contributed by atoms with E-state index in [4.69, 9.17) is 0 Å². The number of nitrogens with zero attached hydrogens (tertiary/aromatic N) is 3. The van der Waals surface area contributed by atoms with E-state index >= 15 is 0 Å². The van der Waals surface area contributed by atoms with Crippen molar-refractivity contribution in [3.63, 3.8) is 0 Å². The number of thioether (sulfide) groups is 1. The van der Waals surface area contributed by atoms with Crippen molar-refractivity contribution in [2.24, 2.45) is 0 Å². The minimum atomic E-state index is -0.374. The Balaban J connectivity index is 1.70. The zero-order valence-corrected chi connectivity index (χ0v) is 14.1. The molecule has 0 amide bonds. The van der Waals surface area contributed by atoms with E-state index in [-0.39, 0.29) is 17.2 Å². The molecule has 0 aliphatic heterocycles. The van der Waals surface area contributed by atoms with Gasteiger partial charge in [-0.2, -0.15) is 5.10 Å². The third kappa shape index (κ3) is 3.23. The second-order valence-electron chi connectivity index (χ2n) is 5.59. The Kier molecular flexibility index (Phi) is 4.26. The maximum Gasteiger partial charge on any atom is 0.290 e. The van der Waals surface area contributed by atoms with Crippen LogP contribution < -0.4 is 5.56 Å². The molecule has 130 valence electrons. The van der Waals surface area contributed by atoms with Gasteiger partial charge in [-0.25, -0.2) is 18.4 Å². The Hall–Kier alpha value is -3.00. The minimum absolute atomic E-state index is 0.305. The fourth-order valence-corrected chi connectivity index (χ4v) is 3.37. The van der Waals surface area contributed by atoms with Gasteiger partial charge < -0.3 is 0 Å². The van der Waals surface area contributed by atoms with Crippen molar-refractivity contribution in [2.75, 3.05) is 0 Å². The van der Waals surface area contributed by atoms with Crippen LogP contribution in [0.25, 0.3) is 16.8 Å². The van der Waals surface area contributed by atoms with Gasteiger partial charge in [-0.15, -0.1) is 5.10 Å². The SMILES string of the molecule is O=c1[nH]nc(SCc2cccc(F)c2)n2nc(-c3ccc(F)cc3)cc12. The van der Waals surface area contributed by atoms with Crippen LogP contribution in [0.15, 0.2) is 64.5 Å². The van der Waals surface area contributed by atoms with Gasteiger partial charge >= 0.3 is 0 Å². The molecular formula is C18H12F2N4OS. The predicted octanol–water partition coefficient (Wildman–Crippen LogP) is 3.66. The van der Waals surface area contributed by atoms with Gasteiger partial charge in [0.25, 0.3) is 5.56 Å². The molecule has 2 heterocycles. The molecule has 0 spiro atoms. The van der Waals surface area contributed by atoms with Crippen molar-refractivity contribution in [2.45, 2.75) is 10.9 Å². The minimum Gasteiger partial charge on any atom is -0.266 e. The van der Waals surface area contributed by atoms with Crippen molar-refractivity contribution in [3.05, 3.63) is 82.1 Å². The number of halogens is 2. The topological polar surface area (TPSA) is 63.0 Å². The van der Waals surface area contributed by atoms with Crippen LogP contribution in [0.5, 0.6) is 0 Å². The number of rotatable bonds is 4. The van der Waals surface area contributed by atoms with Gasteiger partial charge in [0.2, 0.25) is 5.16 Å². The first-order valence-electron chi connectivity index (χ1n) is 7.72. The molecule has 2 aromatic carbocycles. The van der Waals surface area contributed by atoms with Gasteiger partial charge in [0.1, 0.15) is 17.2 Å². The molecule has 0 bridgehead atoms. The van der Waals surface area contributed by atoms with Crippen molar-refractivity contribution >= 4 is 17.3 Å².